The zero-order valence-corrected chi connectivity index (χ0v) is 11.9. The van der Waals surface area contributed by atoms with Crippen LogP contribution in [0.3, 0.4) is 0 Å². The average Bonchev–Trinajstić information content (AvgIpc) is 2.56. The number of hydrogen-bond acceptors (Lipinski definition) is 3. The van der Waals surface area contributed by atoms with Crippen molar-refractivity contribution in [2.75, 3.05) is 38.6 Å². The molecule has 0 spiro atoms. The van der Waals surface area contributed by atoms with Crippen LogP contribution in [-0.2, 0) is 6.54 Å². The molecule has 0 N–H and O–H groups in total. The first-order valence-electron chi connectivity index (χ1n) is 6.71. The molecule has 0 atom stereocenters. The van der Waals surface area contributed by atoms with Gasteiger partial charge in [-0.2, -0.15) is 0 Å². The summed E-state index contributed by atoms with van der Waals surface area (Å²) < 4.78 is 0. The molecule has 3 nitrogen and oxygen atoms in total. The molecule has 0 aromatic carbocycles. The van der Waals surface area contributed by atoms with Gasteiger partial charge in [0.2, 0.25) is 0 Å². The second-order valence-corrected chi connectivity index (χ2v) is 5.31. The standard InChI is InChI=1S/C14H22ClN3/c1-13-4-2-5-14(16-13)12-18-8-3-7-17(9-6-15)10-11-18/h2,4-5H,3,6-12H2,1H3. The Morgan fingerprint density at radius 2 is 1.94 bits per heavy atom. The van der Waals surface area contributed by atoms with Crippen molar-refractivity contribution >= 4 is 11.6 Å². The van der Waals surface area contributed by atoms with E-state index in [4.69, 9.17) is 11.6 Å². The Morgan fingerprint density at radius 1 is 1.17 bits per heavy atom. The smallest absolute Gasteiger partial charge is 0.0547 e. The molecule has 1 aromatic heterocycles. The van der Waals surface area contributed by atoms with Crippen LogP contribution in [0.25, 0.3) is 0 Å². The van der Waals surface area contributed by atoms with E-state index < -0.39 is 0 Å². The zero-order chi connectivity index (χ0) is 12.8. The maximum Gasteiger partial charge on any atom is 0.0547 e. The Labute approximate surface area is 115 Å². The lowest BCUT2D eigenvalue weighted by atomic mass is 10.3. The zero-order valence-electron chi connectivity index (χ0n) is 11.1. The van der Waals surface area contributed by atoms with Crippen molar-refractivity contribution in [2.24, 2.45) is 0 Å². The van der Waals surface area contributed by atoms with E-state index in [-0.39, 0.29) is 0 Å². The van der Waals surface area contributed by atoms with E-state index in [1.807, 2.05) is 13.0 Å². The van der Waals surface area contributed by atoms with Crippen molar-refractivity contribution in [1.29, 1.82) is 0 Å². The van der Waals surface area contributed by atoms with Gasteiger partial charge in [-0.05, 0) is 38.6 Å². The van der Waals surface area contributed by atoms with Gasteiger partial charge in [0, 0.05) is 37.8 Å². The molecule has 1 fully saturated rings. The van der Waals surface area contributed by atoms with E-state index >= 15 is 0 Å². The fourth-order valence-electron chi connectivity index (χ4n) is 2.44. The summed E-state index contributed by atoms with van der Waals surface area (Å²) in [5, 5.41) is 0. The third-order valence-electron chi connectivity index (χ3n) is 3.41. The number of hydrogen-bond donors (Lipinski definition) is 0. The Morgan fingerprint density at radius 3 is 2.72 bits per heavy atom. The van der Waals surface area contributed by atoms with Crippen LogP contribution in [0.2, 0.25) is 0 Å². The maximum absolute atomic E-state index is 5.81. The van der Waals surface area contributed by atoms with Gasteiger partial charge in [0.05, 0.1) is 5.69 Å². The van der Waals surface area contributed by atoms with Crippen LogP contribution < -0.4 is 0 Å². The molecular weight excluding hydrogens is 246 g/mol. The van der Waals surface area contributed by atoms with Crippen molar-refractivity contribution < 1.29 is 0 Å². The first-order chi connectivity index (χ1) is 8.78. The summed E-state index contributed by atoms with van der Waals surface area (Å²) in [6.07, 6.45) is 1.22. The largest absolute Gasteiger partial charge is 0.301 e. The number of pyridine rings is 1. The van der Waals surface area contributed by atoms with Crippen LogP contribution in [0.4, 0.5) is 0 Å². The van der Waals surface area contributed by atoms with Crippen LogP contribution in [0, 0.1) is 6.92 Å². The first-order valence-corrected chi connectivity index (χ1v) is 7.24. The third kappa shape index (κ3) is 4.23. The highest BCUT2D eigenvalue weighted by Crippen LogP contribution is 2.08. The molecule has 2 rings (SSSR count). The highest BCUT2D eigenvalue weighted by Gasteiger charge is 2.14. The third-order valence-corrected chi connectivity index (χ3v) is 3.58. The minimum atomic E-state index is 0.736. The molecule has 1 aliphatic heterocycles. The lowest BCUT2D eigenvalue weighted by Crippen LogP contribution is -2.31. The summed E-state index contributed by atoms with van der Waals surface area (Å²) in [6.45, 7) is 8.60. The molecule has 100 valence electrons. The summed E-state index contributed by atoms with van der Waals surface area (Å²) >= 11 is 5.81. The summed E-state index contributed by atoms with van der Waals surface area (Å²) in [5.74, 6) is 0.736. The van der Waals surface area contributed by atoms with Gasteiger partial charge in [0.25, 0.3) is 0 Å². The van der Waals surface area contributed by atoms with Crippen molar-refractivity contribution in [3.63, 3.8) is 0 Å². The second kappa shape index (κ2) is 7.07. The summed E-state index contributed by atoms with van der Waals surface area (Å²) in [5.41, 5.74) is 2.28. The number of aryl methyl sites for hydroxylation is 1. The minimum absolute atomic E-state index is 0.736. The molecule has 0 amide bonds. The Hall–Kier alpha value is -0.640. The van der Waals surface area contributed by atoms with Gasteiger partial charge in [-0.3, -0.25) is 9.88 Å². The predicted octanol–water partition coefficient (Wildman–Crippen LogP) is 2.14. The summed E-state index contributed by atoms with van der Waals surface area (Å²) in [4.78, 5) is 9.53. The second-order valence-electron chi connectivity index (χ2n) is 4.93. The Balaban J connectivity index is 1.87. The van der Waals surface area contributed by atoms with Gasteiger partial charge < -0.3 is 4.90 Å². The molecule has 0 radical (unpaired) electrons. The highest BCUT2D eigenvalue weighted by atomic mass is 35.5. The van der Waals surface area contributed by atoms with Crippen molar-refractivity contribution in [2.45, 2.75) is 19.9 Å². The van der Waals surface area contributed by atoms with Gasteiger partial charge in [0.15, 0.2) is 0 Å². The molecule has 0 bridgehead atoms. The van der Waals surface area contributed by atoms with E-state index in [0.29, 0.717) is 0 Å². The number of halogens is 1. The lowest BCUT2D eigenvalue weighted by Gasteiger charge is -2.20. The quantitative estimate of drug-likeness (QED) is 0.780. The van der Waals surface area contributed by atoms with E-state index in [9.17, 15) is 0 Å². The normalized spacial score (nSPS) is 18.8. The fraction of sp³-hybridized carbons (Fsp3) is 0.643. The molecule has 0 unspecified atom stereocenters. The monoisotopic (exact) mass is 267 g/mol. The van der Waals surface area contributed by atoms with Gasteiger partial charge in [-0.25, -0.2) is 0 Å². The molecule has 0 saturated carbocycles. The summed E-state index contributed by atoms with van der Waals surface area (Å²) in [7, 11) is 0. The van der Waals surface area contributed by atoms with E-state index in [0.717, 1.165) is 44.3 Å². The first kappa shape index (κ1) is 13.8. The van der Waals surface area contributed by atoms with E-state index in [1.165, 1.54) is 18.7 Å². The molecule has 1 aliphatic rings. The molecular formula is C14H22ClN3. The van der Waals surface area contributed by atoms with Crippen molar-refractivity contribution in [3.8, 4) is 0 Å². The average molecular weight is 268 g/mol. The molecule has 2 heterocycles. The van der Waals surface area contributed by atoms with Gasteiger partial charge in [-0.1, -0.05) is 6.07 Å². The maximum atomic E-state index is 5.81. The van der Waals surface area contributed by atoms with Crippen LogP contribution in [0.15, 0.2) is 18.2 Å². The van der Waals surface area contributed by atoms with Crippen molar-refractivity contribution in [1.82, 2.24) is 14.8 Å². The number of aromatic nitrogens is 1. The van der Waals surface area contributed by atoms with Gasteiger partial charge in [-0.15, -0.1) is 11.6 Å². The Bertz CT molecular complexity index is 370. The van der Waals surface area contributed by atoms with Gasteiger partial charge in [0.1, 0.15) is 0 Å². The molecule has 1 aromatic rings. The predicted molar refractivity (Wildman–Crippen MR) is 76.0 cm³/mol. The minimum Gasteiger partial charge on any atom is -0.301 e. The van der Waals surface area contributed by atoms with E-state index in [1.54, 1.807) is 0 Å². The van der Waals surface area contributed by atoms with Gasteiger partial charge >= 0.3 is 0 Å². The number of nitrogens with zero attached hydrogens (tertiary/aromatic N) is 3. The number of rotatable bonds is 4. The molecule has 0 aliphatic carbocycles. The molecule has 1 saturated heterocycles. The van der Waals surface area contributed by atoms with Crippen molar-refractivity contribution in [3.05, 3.63) is 29.6 Å². The lowest BCUT2D eigenvalue weighted by molar-refractivity contribution is 0.256. The SMILES string of the molecule is Cc1cccc(CN2CCCN(CCCl)CC2)n1. The number of alkyl halides is 1. The topological polar surface area (TPSA) is 19.4 Å². The molecule has 4 heteroatoms. The van der Waals surface area contributed by atoms with Crippen LogP contribution in [0.1, 0.15) is 17.8 Å². The molecule has 18 heavy (non-hydrogen) atoms. The summed E-state index contributed by atoms with van der Waals surface area (Å²) in [6, 6.07) is 6.26. The Kier molecular flexibility index (Phi) is 5.42. The van der Waals surface area contributed by atoms with E-state index in [2.05, 4.69) is 26.9 Å². The van der Waals surface area contributed by atoms with Crippen LogP contribution in [-0.4, -0.2) is 53.4 Å². The van der Waals surface area contributed by atoms with Crippen LogP contribution >= 0.6 is 11.6 Å². The highest BCUT2D eigenvalue weighted by molar-refractivity contribution is 6.18. The fourth-order valence-corrected chi connectivity index (χ4v) is 2.68. The van der Waals surface area contributed by atoms with Crippen LogP contribution in [0.5, 0.6) is 0 Å².